The number of nitrogens with one attached hydrogen (secondary N) is 1. The maximum atomic E-state index is 12.7. The standard InChI is InChI=1S/C21H22N2O/c1-15-6-4-7-16-12-13-23(21(15)16)20(24)11-5-8-17-14-22-19-10-3-2-9-18(17)19/h2-4,6-7,9-10,14,22H,5,8,11-13H2,1H3. The number of benzene rings is 2. The Bertz CT molecular complexity index is 894. The van der Waals surface area contributed by atoms with E-state index in [0.717, 1.165) is 31.5 Å². The molecule has 3 nitrogen and oxygen atoms in total. The fourth-order valence-electron chi connectivity index (χ4n) is 3.80. The Morgan fingerprint density at radius 3 is 2.96 bits per heavy atom. The third kappa shape index (κ3) is 2.60. The molecule has 1 amide bonds. The van der Waals surface area contributed by atoms with Gasteiger partial charge in [0.05, 0.1) is 0 Å². The number of para-hydroxylation sites is 2. The van der Waals surface area contributed by atoms with E-state index in [-0.39, 0.29) is 5.91 Å². The molecule has 0 saturated heterocycles. The minimum Gasteiger partial charge on any atom is -0.361 e. The number of amides is 1. The van der Waals surface area contributed by atoms with Gasteiger partial charge in [-0.15, -0.1) is 0 Å². The number of hydrogen-bond donors (Lipinski definition) is 1. The highest BCUT2D eigenvalue weighted by Gasteiger charge is 2.25. The van der Waals surface area contributed by atoms with Crippen LogP contribution in [0.25, 0.3) is 10.9 Å². The quantitative estimate of drug-likeness (QED) is 0.761. The molecule has 0 spiro atoms. The molecule has 0 fully saturated rings. The van der Waals surface area contributed by atoms with Crippen molar-refractivity contribution in [3.05, 3.63) is 65.4 Å². The minimum atomic E-state index is 0.253. The van der Waals surface area contributed by atoms with E-state index in [2.05, 4.69) is 54.5 Å². The van der Waals surface area contributed by atoms with E-state index < -0.39 is 0 Å². The Hall–Kier alpha value is -2.55. The molecular weight excluding hydrogens is 296 g/mol. The van der Waals surface area contributed by atoms with Crippen molar-refractivity contribution in [3.8, 4) is 0 Å². The van der Waals surface area contributed by atoms with E-state index >= 15 is 0 Å². The van der Waals surface area contributed by atoms with E-state index in [1.807, 2.05) is 11.0 Å². The third-order valence-electron chi connectivity index (χ3n) is 5.01. The van der Waals surface area contributed by atoms with Gasteiger partial charge in [-0.3, -0.25) is 4.79 Å². The van der Waals surface area contributed by atoms with Crippen LogP contribution in [-0.4, -0.2) is 17.4 Å². The Balaban J connectivity index is 1.42. The number of carbonyl (C=O) groups is 1. The van der Waals surface area contributed by atoms with Gasteiger partial charge in [-0.2, -0.15) is 0 Å². The molecule has 0 atom stereocenters. The number of aryl methyl sites for hydroxylation is 2. The third-order valence-corrected chi connectivity index (χ3v) is 5.01. The molecule has 2 aromatic carbocycles. The fourth-order valence-corrected chi connectivity index (χ4v) is 3.80. The van der Waals surface area contributed by atoms with Gasteiger partial charge in [0, 0.05) is 35.8 Å². The summed E-state index contributed by atoms with van der Waals surface area (Å²) in [5.41, 5.74) is 6.13. The lowest BCUT2D eigenvalue weighted by Gasteiger charge is -2.19. The highest BCUT2D eigenvalue weighted by atomic mass is 16.2. The van der Waals surface area contributed by atoms with E-state index in [0.29, 0.717) is 6.42 Å². The number of aromatic amines is 1. The zero-order valence-electron chi connectivity index (χ0n) is 14.0. The average molecular weight is 318 g/mol. The Morgan fingerprint density at radius 1 is 1.17 bits per heavy atom. The van der Waals surface area contributed by atoms with Crippen molar-refractivity contribution in [2.24, 2.45) is 0 Å². The molecule has 0 saturated carbocycles. The van der Waals surface area contributed by atoms with Crippen LogP contribution in [0.15, 0.2) is 48.7 Å². The van der Waals surface area contributed by atoms with E-state index in [9.17, 15) is 4.79 Å². The number of aromatic nitrogens is 1. The fraction of sp³-hybridized carbons (Fsp3) is 0.286. The molecule has 4 rings (SSSR count). The van der Waals surface area contributed by atoms with Gasteiger partial charge in [-0.1, -0.05) is 36.4 Å². The van der Waals surface area contributed by atoms with Gasteiger partial charge in [0.15, 0.2) is 0 Å². The van der Waals surface area contributed by atoms with Gasteiger partial charge in [0.1, 0.15) is 0 Å². The topological polar surface area (TPSA) is 36.1 Å². The van der Waals surface area contributed by atoms with Crippen LogP contribution >= 0.6 is 0 Å². The van der Waals surface area contributed by atoms with Crippen molar-refractivity contribution >= 4 is 22.5 Å². The van der Waals surface area contributed by atoms with Crippen LogP contribution < -0.4 is 4.90 Å². The van der Waals surface area contributed by atoms with Gasteiger partial charge in [-0.25, -0.2) is 0 Å². The van der Waals surface area contributed by atoms with Crippen LogP contribution in [-0.2, 0) is 17.6 Å². The zero-order valence-corrected chi connectivity index (χ0v) is 14.0. The Morgan fingerprint density at radius 2 is 2.04 bits per heavy atom. The van der Waals surface area contributed by atoms with Crippen LogP contribution in [0.1, 0.15) is 29.5 Å². The molecule has 122 valence electrons. The number of carbonyl (C=O) groups excluding carboxylic acids is 1. The van der Waals surface area contributed by atoms with Gasteiger partial charge >= 0.3 is 0 Å². The molecule has 1 N–H and O–H groups in total. The van der Waals surface area contributed by atoms with Crippen molar-refractivity contribution in [2.75, 3.05) is 11.4 Å². The molecule has 1 aliphatic rings. The van der Waals surface area contributed by atoms with Crippen molar-refractivity contribution < 1.29 is 4.79 Å². The molecule has 1 aromatic heterocycles. The lowest BCUT2D eigenvalue weighted by Crippen LogP contribution is -2.29. The second-order valence-electron chi connectivity index (χ2n) is 6.59. The summed E-state index contributed by atoms with van der Waals surface area (Å²) in [6.07, 6.45) is 5.48. The van der Waals surface area contributed by atoms with E-state index in [1.165, 1.54) is 27.6 Å². The van der Waals surface area contributed by atoms with Crippen LogP contribution in [0.2, 0.25) is 0 Å². The summed E-state index contributed by atoms with van der Waals surface area (Å²) in [5, 5.41) is 1.27. The first kappa shape index (κ1) is 15.0. The minimum absolute atomic E-state index is 0.253. The SMILES string of the molecule is Cc1cccc2c1N(C(=O)CCCc1c[nH]c3ccccc13)CC2. The van der Waals surface area contributed by atoms with Crippen LogP contribution in [0.4, 0.5) is 5.69 Å². The highest BCUT2D eigenvalue weighted by Crippen LogP contribution is 2.32. The normalized spacial score (nSPS) is 13.5. The molecular formula is C21H22N2O. The van der Waals surface area contributed by atoms with Gasteiger partial charge in [-0.05, 0) is 48.9 Å². The molecule has 0 aliphatic carbocycles. The van der Waals surface area contributed by atoms with Crippen LogP contribution in [0.5, 0.6) is 0 Å². The number of nitrogens with zero attached hydrogens (tertiary/aromatic N) is 1. The Labute approximate surface area is 142 Å². The lowest BCUT2D eigenvalue weighted by atomic mass is 10.1. The van der Waals surface area contributed by atoms with Crippen molar-refractivity contribution in [2.45, 2.75) is 32.6 Å². The summed E-state index contributed by atoms with van der Waals surface area (Å²) in [7, 11) is 0. The number of H-pyrrole nitrogens is 1. The maximum absolute atomic E-state index is 12.7. The number of anilines is 1. The zero-order chi connectivity index (χ0) is 16.5. The lowest BCUT2D eigenvalue weighted by molar-refractivity contribution is -0.118. The number of fused-ring (bicyclic) bond motifs is 2. The van der Waals surface area contributed by atoms with Crippen molar-refractivity contribution in [3.63, 3.8) is 0 Å². The molecule has 24 heavy (non-hydrogen) atoms. The highest BCUT2D eigenvalue weighted by molar-refractivity contribution is 5.96. The summed E-state index contributed by atoms with van der Waals surface area (Å²) in [4.78, 5) is 18.0. The van der Waals surface area contributed by atoms with Crippen molar-refractivity contribution in [1.82, 2.24) is 4.98 Å². The van der Waals surface area contributed by atoms with Crippen LogP contribution in [0.3, 0.4) is 0 Å². The van der Waals surface area contributed by atoms with E-state index in [4.69, 9.17) is 0 Å². The predicted molar refractivity (Wildman–Crippen MR) is 98.5 cm³/mol. The molecule has 0 unspecified atom stereocenters. The summed E-state index contributed by atoms with van der Waals surface area (Å²) in [5.74, 6) is 0.253. The number of rotatable bonds is 4. The molecule has 1 aliphatic heterocycles. The molecule has 0 radical (unpaired) electrons. The van der Waals surface area contributed by atoms with Gasteiger partial charge < -0.3 is 9.88 Å². The van der Waals surface area contributed by atoms with Gasteiger partial charge in [0.25, 0.3) is 0 Å². The predicted octanol–water partition coefficient (Wildman–Crippen LogP) is 4.39. The number of hydrogen-bond acceptors (Lipinski definition) is 1. The summed E-state index contributed by atoms with van der Waals surface area (Å²) >= 11 is 0. The molecule has 2 heterocycles. The summed E-state index contributed by atoms with van der Waals surface area (Å²) in [6, 6.07) is 14.7. The first-order valence-corrected chi connectivity index (χ1v) is 8.68. The van der Waals surface area contributed by atoms with Crippen molar-refractivity contribution in [1.29, 1.82) is 0 Å². The average Bonchev–Trinajstić information content (AvgIpc) is 3.20. The van der Waals surface area contributed by atoms with Gasteiger partial charge in [0.2, 0.25) is 5.91 Å². The second-order valence-corrected chi connectivity index (χ2v) is 6.59. The first-order chi connectivity index (χ1) is 11.7. The smallest absolute Gasteiger partial charge is 0.227 e. The maximum Gasteiger partial charge on any atom is 0.227 e. The summed E-state index contributed by atoms with van der Waals surface area (Å²) < 4.78 is 0. The van der Waals surface area contributed by atoms with Crippen LogP contribution in [0, 0.1) is 6.92 Å². The summed E-state index contributed by atoms with van der Waals surface area (Å²) in [6.45, 7) is 2.92. The Kier molecular flexibility index (Phi) is 3.85. The first-order valence-electron chi connectivity index (χ1n) is 8.68. The van der Waals surface area contributed by atoms with E-state index in [1.54, 1.807) is 0 Å². The molecule has 3 aromatic rings. The monoisotopic (exact) mass is 318 g/mol. The molecule has 0 bridgehead atoms. The largest absolute Gasteiger partial charge is 0.361 e. The second kappa shape index (κ2) is 6.16. The molecule has 3 heteroatoms.